The van der Waals surface area contributed by atoms with Gasteiger partial charge in [0, 0.05) is 18.8 Å². The molecule has 1 N–H and O–H groups in total. The van der Waals surface area contributed by atoms with Gasteiger partial charge in [-0.1, -0.05) is 0 Å². The van der Waals surface area contributed by atoms with Crippen molar-refractivity contribution in [2.45, 2.75) is 13.8 Å². The van der Waals surface area contributed by atoms with Gasteiger partial charge >= 0.3 is 5.97 Å². The van der Waals surface area contributed by atoms with Gasteiger partial charge in [-0.2, -0.15) is 5.10 Å². The summed E-state index contributed by atoms with van der Waals surface area (Å²) < 4.78 is 7.04. The van der Waals surface area contributed by atoms with Crippen LogP contribution in [0.2, 0.25) is 0 Å². The molecule has 0 radical (unpaired) electrons. The van der Waals surface area contributed by atoms with Crippen molar-refractivity contribution >= 4 is 5.97 Å². The van der Waals surface area contributed by atoms with Crippen molar-refractivity contribution < 1.29 is 14.6 Å². The molecule has 2 rings (SSSR count). The number of hydrogen-bond donors (Lipinski definition) is 1. The predicted molar refractivity (Wildman–Crippen MR) is 64.0 cm³/mol. The average Bonchev–Trinajstić information content (AvgIpc) is 2.57. The molecular formula is C12H13N3O3. The molecule has 6 heteroatoms. The van der Waals surface area contributed by atoms with Crippen LogP contribution in [-0.2, 0) is 7.05 Å². The summed E-state index contributed by atoms with van der Waals surface area (Å²) in [6, 6.07) is 4.82. The van der Waals surface area contributed by atoms with Gasteiger partial charge in [-0.15, -0.1) is 0 Å². The molecule has 0 spiro atoms. The summed E-state index contributed by atoms with van der Waals surface area (Å²) in [6.07, 6.45) is 0. The van der Waals surface area contributed by atoms with Gasteiger partial charge in [0.25, 0.3) is 0 Å². The second kappa shape index (κ2) is 4.48. The predicted octanol–water partition coefficient (Wildman–Crippen LogP) is 1.92. The Morgan fingerprint density at radius 1 is 1.33 bits per heavy atom. The molecule has 0 aromatic carbocycles. The summed E-state index contributed by atoms with van der Waals surface area (Å²) in [5, 5.41) is 13.2. The number of pyridine rings is 1. The standard InChI is InChI=1S/C12H13N3O3/c1-7-4-5-9(12(16)17)11(13-7)18-10-6-8(2)14-15(10)3/h4-6H,1-3H3,(H,16,17). The largest absolute Gasteiger partial charge is 0.477 e. The highest BCUT2D eigenvalue weighted by molar-refractivity contribution is 5.90. The van der Waals surface area contributed by atoms with Crippen LogP contribution in [0.4, 0.5) is 0 Å². The number of aryl methyl sites for hydroxylation is 3. The summed E-state index contributed by atoms with van der Waals surface area (Å²) in [6.45, 7) is 3.60. The molecule has 2 heterocycles. The van der Waals surface area contributed by atoms with Crippen LogP contribution in [0.25, 0.3) is 0 Å². The second-order valence-corrected chi connectivity index (χ2v) is 3.96. The lowest BCUT2D eigenvalue weighted by atomic mass is 10.2. The van der Waals surface area contributed by atoms with E-state index in [1.807, 2.05) is 6.92 Å². The Bertz CT molecular complexity index is 605. The first-order chi connectivity index (χ1) is 8.47. The Morgan fingerprint density at radius 2 is 2.06 bits per heavy atom. The van der Waals surface area contributed by atoms with Gasteiger partial charge < -0.3 is 9.84 Å². The number of ether oxygens (including phenoxy) is 1. The quantitative estimate of drug-likeness (QED) is 0.896. The van der Waals surface area contributed by atoms with Crippen LogP contribution in [0.15, 0.2) is 18.2 Å². The molecule has 94 valence electrons. The highest BCUT2D eigenvalue weighted by atomic mass is 16.5. The van der Waals surface area contributed by atoms with Crippen molar-refractivity contribution in [3.63, 3.8) is 0 Å². The highest BCUT2D eigenvalue weighted by Gasteiger charge is 2.15. The van der Waals surface area contributed by atoms with E-state index >= 15 is 0 Å². The Kier molecular flexibility index (Phi) is 3.01. The van der Waals surface area contributed by atoms with Crippen LogP contribution < -0.4 is 4.74 Å². The van der Waals surface area contributed by atoms with Gasteiger partial charge in [-0.3, -0.25) is 0 Å². The maximum atomic E-state index is 11.1. The number of carbonyl (C=O) groups is 1. The Balaban J connectivity index is 2.42. The third kappa shape index (κ3) is 2.32. The second-order valence-electron chi connectivity index (χ2n) is 3.96. The van der Waals surface area contributed by atoms with E-state index in [1.54, 1.807) is 26.1 Å². The molecule has 0 aliphatic carbocycles. The summed E-state index contributed by atoms with van der Waals surface area (Å²) in [7, 11) is 1.72. The summed E-state index contributed by atoms with van der Waals surface area (Å²) in [5.74, 6) is -0.546. The van der Waals surface area contributed by atoms with E-state index in [9.17, 15) is 4.79 Å². The van der Waals surface area contributed by atoms with E-state index in [4.69, 9.17) is 9.84 Å². The maximum Gasteiger partial charge on any atom is 0.341 e. The topological polar surface area (TPSA) is 77.2 Å². The number of carboxylic acid groups (broad SMARTS) is 1. The molecule has 0 bridgehead atoms. The number of aromatic nitrogens is 3. The van der Waals surface area contributed by atoms with Crippen LogP contribution in [0.5, 0.6) is 11.8 Å². The van der Waals surface area contributed by atoms with Crippen LogP contribution in [0.1, 0.15) is 21.7 Å². The minimum atomic E-state index is -1.07. The average molecular weight is 247 g/mol. The van der Waals surface area contributed by atoms with Gasteiger partial charge in [0.05, 0.1) is 5.69 Å². The number of nitrogens with zero attached hydrogens (tertiary/aromatic N) is 3. The Hall–Kier alpha value is -2.37. The van der Waals surface area contributed by atoms with Crippen molar-refractivity contribution in [2.24, 2.45) is 7.05 Å². The summed E-state index contributed by atoms with van der Waals surface area (Å²) in [4.78, 5) is 15.2. The summed E-state index contributed by atoms with van der Waals surface area (Å²) >= 11 is 0. The first-order valence-electron chi connectivity index (χ1n) is 5.37. The molecule has 18 heavy (non-hydrogen) atoms. The van der Waals surface area contributed by atoms with Gasteiger partial charge in [-0.25, -0.2) is 14.5 Å². The molecule has 2 aromatic rings. The highest BCUT2D eigenvalue weighted by Crippen LogP contribution is 2.23. The number of hydrogen-bond acceptors (Lipinski definition) is 4. The van der Waals surface area contributed by atoms with Crippen molar-refractivity contribution in [2.75, 3.05) is 0 Å². The van der Waals surface area contributed by atoms with E-state index < -0.39 is 5.97 Å². The van der Waals surface area contributed by atoms with E-state index in [-0.39, 0.29) is 11.4 Å². The normalized spacial score (nSPS) is 10.4. The van der Waals surface area contributed by atoms with Crippen LogP contribution in [-0.4, -0.2) is 25.8 Å². The van der Waals surface area contributed by atoms with Gasteiger partial charge in [0.2, 0.25) is 11.8 Å². The lowest BCUT2D eigenvalue weighted by Gasteiger charge is -2.07. The number of aromatic carboxylic acids is 1. The zero-order valence-corrected chi connectivity index (χ0v) is 10.3. The van der Waals surface area contributed by atoms with Crippen molar-refractivity contribution in [1.29, 1.82) is 0 Å². The molecule has 0 saturated heterocycles. The fourth-order valence-corrected chi connectivity index (χ4v) is 1.55. The van der Waals surface area contributed by atoms with Gasteiger partial charge in [0.1, 0.15) is 5.56 Å². The van der Waals surface area contributed by atoms with Gasteiger partial charge in [-0.05, 0) is 26.0 Å². The SMILES string of the molecule is Cc1ccc(C(=O)O)c(Oc2cc(C)nn2C)n1. The number of rotatable bonds is 3. The van der Waals surface area contributed by atoms with E-state index in [0.29, 0.717) is 11.6 Å². The van der Waals surface area contributed by atoms with Crippen molar-refractivity contribution in [3.8, 4) is 11.8 Å². The molecule has 0 unspecified atom stereocenters. The molecule has 2 aromatic heterocycles. The van der Waals surface area contributed by atoms with E-state index in [1.165, 1.54) is 10.7 Å². The monoisotopic (exact) mass is 247 g/mol. The fraction of sp³-hybridized carbons (Fsp3) is 0.250. The molecule has 0 saturated carbocycles. The fourth-order valence-electron chi connectivity index (χ4n) is 1.55. The van der Waals surface area contributed by atoms with Gasteiger partial charge in [0.15, 0.2) is 0 Å². The lowest BCUT2D eigenvalue weighted by molar-refractivity contribution is 0.0693. The molecule has 0 atom stereocenters. The molecule has 0 fully saturated rings. The summed E-state index contributed by atoms with van der Waals surface area (Å²) in [5.41, 5.74) is 1.50. The zero-order valence-electron chi connectivity index (χ0n) is 10.3. The molecule has 0 aliphatic rings. The zero-order chi connectivity index (χ0) is 13.3. The Labute approximate surface area is 104 Å². The van der Waals surface area contributed by atoms with Crippen molar-refractivity contribution in [3.05, 3.63) is 35.2 Å². The first kappa shape index (κ1) is 12.1. The Morgan fingerprint density at radius 3 is 2.61 bits per heavy atom. The molecular weight excluding hydrogens is 234 g/mol. The third-order valence-electron chi connectivity index (χ3n) is 2.39. The minimum Gasteiger partial charge on any atom is -0.477 e. The third-order valence-corrected chi connectivity index (χ3v) is 2.39. The van der Waals surface area contributed by atoms with Crippen LogP contribution >= 0.6 is 0 Å². The first-order valence-corrected chi connectivity index (χ1v) is 5.37. The van der Waals surface area contributed by atoms with Crippen LogP contribution in [0.3, 0.4) is 0 Å². The smallest absolute Gasteiger partial charge is 0.341 e. The molecule has 0 amide bonds. The number of carboxylic acids is 1. The van der Waals surface area contributed by atoms with Crippen molar-refractivity contribution in [1.82, 2.24) is 14.8 Å². The molecule has 0 aliphatic heterocycles. The van der Waals surface area contributed by atoms with E-state index in [0.717, 1.165) is 5.69 Å². The molecule has 6 nitrogen and oxygen atoms in total. The maximum absolute atomic E-state index is 11.1. The van der Waals surface area contributed by atoms with E-state index in [2.05, 4.69) is 10.1 Å². The van der Waals surface area contributed by atoms with Crippen LogP contribution in [0, 0.1) is 13.8 Å². The minimum absolute atomic E-state index is 0.0273. The lowest BCUT2D eigenvalue weighted by Crippen LogP contribution is -2.04.